The maximum Gasteiger partial charge on any atom is 0.310 e. The summed E-state index contributed by atoms with van der Waals surface area (Å²) in [5.41, 5.74) is -0.888. The number of carbonyl (C=O) groups is 1. The number of carboxylic acid groups (broad SMARTS) is 1. The van der Waals surface area contributed by atoms with E-state index in [2.05, 4.69) is 10.3 Å². The van der Waals surface area contributed by atoms with E-state index in [0.717, 1.165) is 10.8 Å². The van der Waals surface area contributed by atoms with Gasteiger partial charge in [-0.15, -0.1) is 0 Å². The maximum absolute atomic E-state index is 11.1. The van der Waals surface area contributed by atoms with Crippen LogP contribution in [0.15, 0.2) is 30.5 Å². The molecule has 0 unspecified atom stereocenters. The topological polar surface area (TPSA) is 82.5 Å². The summed E-state index contributed by atoms with van der Waals surface area (Å²) in [6.45, 7) is 3.54. The summed E-state index contributed by atoms with van der Waals surface area (Å²) in [7, 11) is 0. The summed E-state index contributed by atoms with van der Waals surface area (Å²) in [6, 6.07) is 6.84. The lowest BCUT2D eigenvalue weighted by molar-refractivity contribution is -0.146. The molecule has 0 spiro atoms. The number of hydrogen-bond acceptors (Lipinski definition) is 4. The number of anilines is 1. The Morgan fingerprint density at radius 2 is 2.11 bits per heavy atom. The van der Waals surface area contributed by atoms with Crippen LogP contribution in [0.5, 0.6) is 5.75 Å². The van der Waals surface area contributed by atoms with Crippen molar-refractivity contribution in [3.05, 3.63) is 30.5 Å². The third-order valence-corrected chi connectivity index (χ3v) is 3.03. The fourth-order valence-corrected chi connectivity index (χ4v) is 1.68. The second-order valence-corrected chi connectivity index (χ2v) is 5.11. The van der Waals surface area contributed by atoms with Crippen LogP contribution in [0.4, 0.5) is 5.82 Å². The van der Waals surface area contributed by atoms with Crippen LogP contribution in [0.2, 0.25) is 0 Å². The van der Waals surface area contributed by atoms with Gasteiger partial charge in [-0.3, -0.25) is 4.79 Å². The predicted octanol–water partition coefficient (Wildman–Crippen LogP) is 2.46. The number of aliphatic carboxylic acids is 1. The van der Waals surface area contributed by atoms with Crippen LogP contribution < -0.4 is 5.32 Å². The number of pyridine rings is 1. The fourth-order valence-electron chi connectivity index (χ4n) is 1.68. The van der Waals surface area contributed by atoms with E-state index in [-0.39, 0.29) is 12.3 Å². The summed E-state index contributed by atoms with van der Waals surface area (Å²) in [6.07, 6.45) is 1.65. The molecule has 100 valence electrons. The van der Waals surface area contributed by atoms with Gasteiger partial charge in [-0.2, -0.15) is 0 Å². The zero-order valence-corrected chi connectivity index (χ0v) is 10.8. The van der Waals surface area contributed by atoms with Crippen molar-refractivity contribution < 1.29 is 15.0 Å². The van der Waals surface area contributed by atoms with Gasteiger partial charge < -0.3 is 15.5 Å². The number of phenolic OH excluding ortho intramolecular Hbond substituents is 1. The van der Waals surface area contributed by atoms with Gasteiger partial charge >= 0.3 is 5.97 Å². The lowest BCUT2D eigenvalue weighted by Crippen LogP contribution is -2.32. The Hall–Kier alpha value is -2.30. The molecule has 0 aliphatic rings. The van der Waals surface area contributed by atoms with Crippen LogP contribution in [-0.4, -0.2) is 27.7 Å². The van der Waals surface area contributed by atoms with E-state index in [1.807, 2.05) is 6.07 Å². The number of hydrogen-bond donors (Lipinski definition) is 3. The predicted molar refractivity (Wildman–Crippen MR) is 73.3 cm³/mol. The van der Waals surface area contributed by atoms with E-state index in [1.165, 1.54) is 0 Å². The molecule has 0 amide bonds. The van der Waals surface area contributed by atoms with Gasteiger partial charge in [0.1, 0.15) is 11.6 Å². The van der Waals surface area contributed by atoms with Gasteiger partial charge in [-0.05, 0) is 37.4 Å². The Labute approximate surface area is 110 Å². The van der Waals surface area contributed by atoms with Gasteiger partial charge in [0.15, 0.2) is 0 Å². The molecule has 2 aromatic rings. The van der Waals surface area contributed by atoms with E-state index in [0.29, 0.717) is 5.82 Å². The Morgan fingerprint density at radius 1 is 1.37 bits per heavy atom. The molecule has 5 heteroatoms. The highest BCUT2D eigenvalue weighted by molar-refractivity contribution is 5.92. The number of rotatable bonds is 4. The monoisotopic (exact) mass is 260 g/mol. The average Bonchev–Trinajstić information content (AvgIpc) is 2.36. The molecule has 1 aromatic heterocycles. The van der Waals surface area contributed by atoms with Crippen LogP contribution in [-0.2, 0) is 4.79 Å². The number of phenols is 1. The van der Waals surface area contributed by atoms with Gasteiger partial charge in [0.05, 0.1) is 5.41 Å². The summed E-state index contributed by atoms with van der Waals surface area (Å²) >= 11 is 0. The molecule has 0 aliphatic carbocycles. The third-order valence-electron chi connectivity index (χ3n) is 3.03. The number of nitrogens with zero attached hydrogens (tertiary/aromatic N) is 1. The molecule has 2 rings (SSSR count). The van der Waals surface area contributed by atoms with Crippen LogP contribution in [0.25, 0.3) is 10.8 Å². The number of carboxylic acids is 1. The first kappa shape index (κ1) is 13.1. The Bertz CT molecular complexity index is 623. The van der Waals surface area contributed by atoms with Gasteiger partial charge in [0.25, 0.3) is 0 Å². The first-order valence-electron chi connectivity index (χ1n) is 5.95. The minimum atomic E-state index is -0.888. The van der Waals surface area contributed by atoms with Gasteiger partial charge in [0, 0.05) is 18.1 Å². The summed E-state index contributed by atoms with van der Waals surface area (Å²) in [4.78, 5) is 15.3. The molecule has 0 atom stereocenters. The molecule has 3 N–H and O–H groups in total. The van der Waals surface area contributed by atoms with E-state index >= 15 is 0 Å². The lowest BCUT2D eigenvalue weighted by Gasteiger charge is -2.20. The molecule has 1 heterocycles. The van der Waals surface area contributed by atoms with Gasteiger partial charge in [0.2, 0.25) is 0 Å². The van der Waals surface area contributed by atoms with Crippen molar-refractivity contribution in [3.63, 3.8) is 0 Å². The summed E-state index contributed by atoms with van der Waals surface area (Å²) in [5.74, 6) is -0.146. The molecule has 0 bridgehead atoms. The van der Waals surface area contributed by atoms with Gasteiger partial charge in [-0.25, -0.2) is 4.98 Å². The minimum absolute atomic E-state index is 0.154. The summed E-state index contributed by atoms with van der Waals surface area (Å²) < 4.78 is 0. The number of nitrogens with one attached hydrogen (secondary N) is 1. The van der Waals surface area contributed by atoms with Crippen molar-refractivity contribution in [2.24, 2.45) is 5.41 Å². The van der Waals surface area contributed by atoms with Crippen LogP contribution in [0.1, 0.15) is 13.8 Å². The van der Waals surface area contributed by atoms with Crippen molar-refractivity contribution in [2.45, 2.75) is 13.8 Å². The number of aromatic nitrogens is 1. The molecule has 0 radical (unpaired) electrons. The molecular formula is C14H16N2O3. The first-order chi connectivity index (χ1) is 8.90. The van der Waals surface area contributed by atoms with Crippen molar-refractivity contribution in [3.8, 4) is 5.75 Å². The molecule has 0 saturated carbocycles. The van der Waals surface area contributed by atoms with Crippen molar-refractivity contribution in [2.75, 3.05) is 11.9 Å². The summed E-state index contributed by atoms with van der Waals surface area (Å²) in [5, 5.41) is 23.3. The highest BCUT2D eigenvalue weighted by Gasteiger charge is 2.27. The highest BCUT2D eigenvalue weighted by atomic mass is 16.4. The molecule has 0 aliphatic heterocycles. The molecular weight excluding hydrogens is 244 g/mol. The highest BCUT2D eigenvalue weighted by Crippen LogP contribution is 2.26. The zero-order chi connectivity index (χ0) is 14.0. The van der Waals surface area contributed by atoms with E-state index in [4.69, 9.17) is 5.11 Å². The normalized spacial score (nSPS) is 11.5. The Morgan fingerprint density at radius 3 is 2.79 bits per heavy atom. The molecule has 5 nitrogen and oxygen atoms in total. The van der Waals surface area contributed by atoms with Crippen molar-refractivity contribution in [1.82, 2.24) is 4.98 Å². The smallest absolute Gasteiger partial charge is 0.310 e. The Balaban J connectivity index is 2.31. The molecule has 0 fully saturated rings. The number of fused-ring (bicyclic) bond motifs is 1. The van der Waals surface area contributed by atoms with Crippen LogP contribution in [0, 0.1) is 5.41 Å². The van der Waals surface area contributed by atoms with Crippen LogP contribution in [0.3, 0.4) is 0 Å². The second-order valence-electron chi connectivity index (χ2n) is 5.11. The quantitative estimate of drug-likeness (QED) is 0.786. The van der Waals surface area contributed by atoms with Crippen molar-refractivity contribution in [1.29, 1.82) is 0 Å². The average molecular weight is 260 g/mol. The van der Waals surface area contributed by atoms with Crippen molar-refractivity contribution >= 4 is 22.6 Å². The van der Waals surface area contributed by atoms with E-state index in [9.17, 15) is 9.90 Å². The molecule has 1 aromatic carbocycles. The van der Waals surface area contributed by atoms with Gasteiger partial charge in [-0.1, -0.05) is 6.07 Å². The fraction of sp³-hybridized carbons (Fsp3) is 0.286. The SMILES string of the molecule is CC(C)(CNc1nccc2ccc(O)cc12)C(=O)O. The minimum Gasteiger partial charge on any atom is -0.508 e. The van der Waals surface area contributed by atoms with E-state index < -0.39 is 11.4 Å². The van der Waals surface area contributed by atoms with Crippen LogP contribution >= 0.6 is 0 Å². The zero-order valence-electron chi connectivity index (χ0n) is 10.8. The first-order valence-corrected chi connectivity index (χ1v) is 5.95. The lowest BCUT2D eigenvalue weighted by atomic mass is 9.94. The number of aromatic hydroxyl groups is 1. The second kappa shape index (κ2) is 4.76. The standard InChI is InChI=1S/C14H16N2O3/c1-14(2,13(18)19)8-16-12-11-7-10(17)4-3-9(11)5-6-15-12/h3-7,17H,8H2,1-2H3,(H,15,16)(H,18,19). The Kier molecular flexibility index (Phi) is 3.29. The maximum atomic E-state index is 11.1. The molecule has 0 saturated heterocycles. The largest absolute Gasteiger partial charge is 0.508 e. The van der Waals surface area contributed by atoms with E-state index in [1.54, 1.807) is 38.2 Å². The molecule has 19 heavy (non-hydrogen) atoms. The number of benzene rings is 1. The third kappa shape index (κ3) is 2.76.